The Morgan fingerprint density at radius 2 is 2.00 bits per heavy atom. The highest BCUT2D eigenvalue weighted by Crippen LogP contribution is 2.38. The number of carbonyl (C=O) groups excluding carboxylic acids is 1. The molecule has 1 saturated heterocycles. The van der Waals surface area contributed by atoms with Crippen LogP contribution in [0.5, 0.6) is 0 Å². The fraction of sp³-hybridized carbons (Fsp3) is 0.722. The monoisotopic (exact) mass is 398 g/mol. The Hall–Kier alpha value is -1.71. The van der Waals surface area contributed by atoms with Crippen LogP contribution in [0.1, 0.15) is 45.9 Å². The first kappa shape index (κ1) is 21.6. The van der Waals surface area contributed by atoms with Crippen molar-refractivity contribution in [2.45, 2.75) is 77.6 Å². The summed E-state index contributed by atoms with van der Waals surface area (Å²) in [4.78, 5) is 37.5. The van der Waals surface area contributed by atoms with E-state index in [0.717, 1.165) is 0 Å². The quantitative estimate of drug-likeness (QED) is 0.602. The van der Waals surface area contributed by atoms with Crippen LogP contribution in [0.4, 0.5) is 0 Å². The zero-order chi connectivity index (χ0) is 20.6. The molecule has 0 amide bonds. The molecule has 0 saturated carbocycles. The number of hydrogen-bond acceptors (Lipinski definition) is 6. The molecule has 9 heteroatoms. The van der Waals surface area contributed by atoms with Gasteiger partial charge in [-0.05, 0) is 25.1 Å². The molecule has 8 nitrogen and oxygen atoms in total. The summed E-state index contributed by atoms with van der Waals surface area (Å²) < 4.78 is 19.0. The number of aryl methyl sites for hydroxylation is 1. The van der Waals surface area contributed by atoms with E-state index in [-0.39, 0.29) is 11.6 Å². The first-order valence-electron chi connectivity index (χ1n) is 9.10. The van der Waals surface area contributed by atoms with E-state index in [1.54, 1.807) is 6.92 Å². The van der Waals surface area contributed by atoms with Gasteiger partial charge < -0.3 is 13.9 Å². The van der Waals surface area contributed by atoms with Crippen molar-refractivity contribution < 1.29 is 18.7 Å². The molecule has 0 aromatic carbocycles. The van der Waals surface area contributed by atoms with Crippen LogP contribution >= 0.6 is 0 Å². The standard InChI is InChI=1S/C18H30N2O6Si/c1-11-9-20(17(23)19-16(11)22)15-8-13(25-12(2)21)14(26-15)10-24-27(6,7)18(3,4)5/h9,13-15H,8,10H2,1-7H3,(H,19,22,23). The Morgan fingerprint density at radius 1 is 1.37 bits per heavy atom. The maximum absolute atomic E-state index is 12.2. The minimum Gasteiger partial charge on any atom is -0.460 e. The highest BCUT2D eigenvalue weighted by atomic mass is 28.4. The maximum Gasteiger partial charge on any atom is 0.330 e. The zero-order valence-electron chi connectivity index (χ0n) is 17.1. The Bertz CT molecular complexity index is 807. The fourth-order valence-electron chi connectivity index (χ4n) is 2.67. The van der Waals surface area contributed by atoms with Crippen molar-refractivity contribution in [2.75, 3.05) is 6.61 Å². The average Bonchev–Trinajstić information content (AvgIpc) is 2.89. The summed E-state index contributed by atoms with van der Waals surface area (Å²) in [5, 5.41) is 0.0366. The van der Waals surface area contributed by atoms with Gasteiger partial charge >= 0.3 is 11.7 Å². The topological polar surface area (TPSA) is 99.6 Å². The van der Waals surface area contributed by atoms with Gasteiger partial charge in [0.15, 0.2) is 8.32 Å². The molecule has 27 heavy (non-hydrogen) atoms. The number of hydrogen-bond donors (Lipinski definition) is 1. The second kappa shape index (κ2) is 7.73. The van der Waals surface area contributed by atoms with Crippen LogP contribution in [0, 0.1) is 6.92 Å². The van der Waals surface area contributed by atoms with Gasteiger partial charge in [-0.15, -0.1) is 0 Å². The van der Waals surface area contributed by atoms with E-state index in [4.69, 9.17) is 13.9 Å². The van der Waals surface area contributed by atoms with Gasteiger partial charge in [0.2, 0.25) is 0 Å². The number of ether oxygens (including phenoxy) is 2. The van der Waals surface area contributed by atoms with Crippen LogP contribution < -0.4 is 11.2 Å². The molecule has 1 N–H and O–H groups in total. The molecule has 2 rings (SSSR count). The highest BCUT2D eigenvalue weighted by molar-refractivity contribution is 6.74. The number of nitrogens with zero attached hydrogens (tertiary/aromatic N) is 1. The third-order valence-electron chi connectivity index (χ3n) is 5.37. The number of carbonyl (C=O) groups is 1. The minimum absolute atomic E-state index is 0.0366. The molecular formula is C18H30N2O6Si. The van der Waals surface area contributed by atoms with Crippen LogP contribution in [0.3, 0.4) is 0 Å². The molecule has 0 bridgehead atoms. The van der Waals surface area contributed by atoms with Gasteiger partial charge in [0.25, 0.3) is 5.56 Å². The SMILES string of the molecule is CC(=O)OC1CC(n2cc(C)c(=O)[nH]c2=O)OC1CO[Si](C)(C)C(C)(C)C. The van der Waals surface area contributed by atoms with E-state index >= 15 is 0 Å². The molecule has 152 valence electrons. The van der Waals surface area contributed by atoms with E-state index in [1.807, 2.05) is 0 Å². The Kier molecular flexibility index (Phi) is 6.18. The number of aromatic amines is 1. The summed E-state index contributed by atoms with van der Waals surface area (Å²) in [6.07, 6.45) is 0.151. The van der Waals surface area contributed by atoms with Gasteiger partial charge in [-0.2, -0.15) is 0 Å². The van der Waals surface area contributed by atoms with Gasteiger partial charge in [0.05, 0.1) is 6.61 Å². The molecule has 1 aliphatic rings. The number of H-pyrrole nitrogens is 1. The predicted octanol–water partition coefficient (Wildman–Crippen LogP) is 2.09. The Morgan fingerprint density at radius 3 is 2.56 bits per heavy atom. The van der Waals surface area contributed by atoms with Gasteiger partial charge in [-0.3, -0.25) is 19.1 Å². The lowest BCUT2D eigenvalue weighted by Gasteiger charge is -2.37. The van der Waals surface area contributed by atoms with E-state index in [1.165, 1.54) is 17.7 Å². The highest BCUT2D eigenvalue weighted by Gasteiger charge is 2.43. The number of esters is 1. The summed E-state index contributed by atoms with van der Waals surface area (Å²) in [7, 11) is -2.01. The first-order chi connectivity index (χ1) is 12.3. The van der Waals surface area contributed by atoms with Gasteiger partial charge in [-0.25, -0.2) is 4.79 Å². The summed E-state index contributed by atoms with van der Waals surface area (Å²) in [6, 6.07) is 0. The van der Waals surface area contributed by atoms with E-state index in [9.17, 15) is 14.4 Å². The lowest BCUT2D eigenvalue weighted by atomic mass is 10.2. The van der Waals surface area contributed by atoms with Gasteiger partial charge in [-0.1, -0.05) is 20.8 Å². The first-order valence-corrected chi connectivity index (χ1v) is 12.0. The van der Waals surface area contributed by atoms with E-state index in [2.05, 4.69) is 38.8 Å². The maximum atomic E-state index is 12.2. The lowest BCUT2D eigenvalue weighted by Crippen LogP contribution is -2.44. The van der Waals surface area contributed by atoms with Gasteiger partial charge in [0, 0.05) is 25.1 Å². The Labute approximate surface area is 160 Å². The molecule has 0 radical (unpaired) electrons. The van der Waals surface area contributed by atoms with Crippen LogP contribution in [-0.4, -0.2) is 42.7 Å². The van der Waals surface area contributed by atoms with E-state index in [0.29, 0.717) is 12.0 Å². The molecule has 1 aromatic rings. The molecule has 0 aliphatic carbocycles. The smallest absolute Gasteiger partial charge is 0.330 e. The summed E-state index contributed by atoms with van der Waals surface area (Å²) in [5.41, 5.74) is -0.574. The largest absolute Gasteiger partial charge is 0.460 e. The van der Waals surface area contributed by atoms with Crippen molar-refractivity contribution in [1.82, 2.24) is 9.55 Å². The molecule has 3 atom stereocenters. The summed E-state index contributed by atoms with van der Waals surface area (Å²) in [6.45, 7) is 13.9. The van der Waals surface area contributed by atoms with Crippen molar-refractivity contribution in [3.05, 3.63) is 32.6 Å². The third kappa shape index (κ3) is 4.97. The second-order valence-electron chi connectivity index (χ2n) is 8.56. The molecule has 2 heterocycles. The number of nitrogens with one attached hydrogen (secondary N) is 1. The molecule has 3 unspecified atom stereocenters. The van der Waals surface area contributed by atoms with Crippen molar-refractivity contribution in [3.63, 3.8) is 0 Å². The lowest BCUT2D eigenvalue weighted by molar-refractivity contribution is -0.150. The summed E-state index contributed by atoms with van der Waals surface area (Å²) >= 11 is 0. The predicted molar refractivity (Wildman–Crippen MR) is 103 cm³/mol. The molecule has 0 spiro atoms. The van der Waals surface area contributed by atoms with Crippen molar-refractivity contribution in [2.24, 2.45) is 0 Å². The molecule has 1 aliphatic heterocycles. The normalized spacial score (nSPS) is 23.4. The zero-order valence-corrected chi connectivity index (χ0v) is 18.1. The minimum atomic E-state index is -2.01. The third-order valence-corrected chi connectivity index (χ3v) is 9.87. The number of rotatable bonds is 5. The Balaban J connectivity index is 2.21. The van der Waals surface area contributed by atoms with Crippen molar-refractivity contribution >= 4 is 14.3 Å². The van der Waals surface area contributed by atoms with Crippen LogP contribution in [0.2, 0.25) is 18.1 Å². The van der Waals surface area contributed by atoms with Crippen LogP contribution in [0.15, 0.2) is 15.8 Å². The summed E-state index contributed by atoms with van der Waals surface area (Å²) in [5.74, 6) is -0.411. The van der Waals surface area contributed by atoms with Crippen LogP contribution in [0.25, 0.3) is 0 Å². The molecule has 1 fully saturated rings. The fourth-order valence-corrected chi connectivity index (χ4v) is 3.68. The average molecular weight is 399 g/mol. The van der Waals surface area contributed by atoms with Gasteiger partial charge in [0.1, 0.15) is 18.4 Å². The van der Waals surface area contributed by atoms with E-state index < -0.39 is 44.0 Å². The molecular weight excluding hydrogens is 368 g/mol. The molecule has 1 aromatic heterocycles. The van der Waals surface area contributed by atoms with Crippen LogP contribution in [-0.2, 0) is 18.7 Å². The second-order valence-corrected chi connectivity index (χ2v) is 13.4. The van der Waals surface area contributed by atoms with Crippen molar-refractivity contribution in [1.29, 1.82) is 0 Å². The number of aromatic nitrogens is 2. The van der Waals surface area contributed by atoms with Crippen molar-refractivity contribution in [3.8, 4) is 0 Å².